The van der Waals surface area contributed by atoms with Crippen LogP contribution in [0.25, 0.3) is 11.3 Å². The van der Waals surface area contributed by atoms with E-state index in [0.29, 0.717) is 13.0 Å². The molecule has 116 valence electrons. The minimum atomic E-state index is -0.00583. The first-order valence-electron chi connectivity index (χ1n) is 7.39. The molecule has 1 saturated heterocycles. The van der Waals surface area contributed by atoms with Crippen LogP contribution >= 0.6 is 11.3 Å². The SMILES string of the molecule is Nc1ccc(-c2csc(CC(=O)NCC3CCCO3)n2)cc1. The molecule has 0 bridgehead atoms. The minimum absolute atomic E-state index is 0.00583. The highest BCUT2D eigenvalue weighted by atomic mass is 32.1. The zero-order valence-electron chi connectivity index (χ0n) is 12.2. The summed E-state index contributed by atoms with van der Waals surface area (Å²) in [4.78, 5) is 16.5. The fourth-order valence-corrected chi connectivity index (χ4v) is 3.21. The van der Waals surface area contributed by atoms with Crippen LogP contribution in [-0.4, -0.2) is 30.1 Å². The third-order valence-corrected chi connectivity index (χ3v) is 4.47. The fourth-order valence-electron chi connectivity index (χ4n) is 2.41. The predicted molar refractivity (Wildman–Crippen MR) is 87.7 cm³/mol. The zero-order valence-corrected chi connectivity index (χ0v) is 13.1. The van der Waals surface area contributed by atoms with Gasteiger partial charge in [0.2, 0.25) is 5.91 Å². The Bertz CT molecular complexity index is 633. The highest BCUT2D eigenvalue weighted by Gasteiger charge is 2.16. The van der Waals surface area contributed by atoms with Crippen molar-refractivity contribution in [2.45, 2.75) is 25.4 Å². The van der Waals surface area contributed by atoms with Crippen LogP contribution < -0.4 is 11.1 Å². The second-order valence-electron chi connectivity index (χ2n) is 5.36. The lowest BCUT2D eigenvalue weighted by Gasteiger charge is -2.09. The molecule has 22 heavy (non-hydrogen) atoms. The minimum Gasteiger partial charge on any atom is -0.399 e. The molecule has 0 radical (unpaired) electrons. The third kappa shape index (κ3) is 3.84. The highest BCUT2D eigenvalue weighted by molar-refractivity contribution is 7.10. The van der Waals surface area contributed by atoms with Gasteiger partial charge in [0.25, 0.3) is 0 Å². The number of aromatic nitrogens is 1. The van der Waals surface area contributed by atoms with Gasteiger partial charge in [0.15, 0.2) is 0 Å². The summed E-state index contributed by atoms with van der Waals surface area (Å²) in [5.74, 6) is -0.00583. The normalized spacial score (nSPS) is 17.5. The molecule has 1 aliphatic rings. The molecule has 3 N–H and O–H groups in total. The quantitative estimate of drug-likeness (QED) is 0.829. The van der Waals surface area contributed by atoms with E-state index in [1.807, 2.05) is 29.6 Å². The van der Waals surface area contributed by atoms with Crippen molar-refractivity contribution in [2.24, 2.45) is 0 Å². The molecule has 5 nitrogen and oxygen atoms in total. The molecular formula is C16H19N3O2S. The number of hydrogen-bond acceptors (Lipinski definition) is 5. The number of nitrogens with zero attached hydrogens (tertiary/aromatic N) is 1. The largest absolute Gasteiger partial charge is 0.399 e. The zero-order chi connectivity index (χ0) is 15.4. The molecule has 0 saturated carbocycles. The Balaban J connectivity index is 1.54. The lowest BCUT2D eigenvalue weighted by molar-refractivity contribution is -0.120. The average molecular weight is 317 g/mol. The van der Waals surface area contributed by atoms with Crippen molar-refractivity contribution in [1.29, 1.82) is 0 Å². The highest BCUT2D eigenvalue weighted by Crippen LogP contribution is 2.23. The second kappa shape index (κ2) is 6.89. The number of carbonyl (C=O) groups is 1. The number of amides is 1. The molecular weight excluding hydrogens is 298 g/mol. The summed E-state index contributed by atoms with van der Waals surface area (Å²) in [5.41, 5.74) is 8.30. The second-order valence-corrected chi connectivity index (χ2v) is 6.31. The van der Waals surface area contributed by atoms with Gasteiger partial charge in [0, 0.05) is 29.8 Å². The first-order chi connectivity index (χ1) is 10.7. The van der Waals surface area contributed by atoms with Gasteiger partial charge in [-0.2, -0.15) is 0 Å². The van der Waals surface area contributed by atoms with Crippen molar-refractivity contribution in [2.75, 3.05) is 18.9 Å². The number of nitrogens with one attached hydrogen (secondary N) is 1. The van der Waals surface area contributed by atoms with Crippen LogP contribution in [0, 0.1) is 0 Å². The van der Waals surface area contributed by atoms with E-state index >= 15 is 0 Å². The van der Waals surface area contributed by atoms with Crippen molar-refractivity contribution < 1.29 is 9.53 Å². The molecule has 1 fully saturated rings. The first kappa shape index (κ1) is 15.0. The monoisotopic (exact) mass is 317 g/mol. The molecule has 1 aromatic heterocycles. The summed E-state index contributed by atoms with van der Waals surface area (Å²) in [6.07, 6.45) is 2.59. The van der Waals surface area contributed by atoms with Gasteiger partial charge in [-0.15, -0.1) is 11.3 Å². The number of anilines is 1. The van der Waals surface area contributed by atoms with Crippen molar-refractivity contribution in [3.63, 3.8) is 0 Å². The van der Waals surface area contributed by atoms with E-state index in [0.717, 1.165) is 41.4 Å². The predicted octanol–water partition coefficient (Wildman–Crippen LogP) is 2.23. The Morgan fingerprint density at radius 3 is 2.95 bits per heavy atom. The standard InChI is InChI=1S/C16H19N3O2S/c17-12-5-3-11(4-6-12)14-10-22-16(19-14)8-15(20)18-9-13-2-1-7-21-13/h3-6,10,13H,1-2,7-9,17H2,(H,18,20). The lowest BCUT2D eigenvalue weighted by Crippen LogP contribution is -2.32. The van der Waals surface area contributed by atoms with E-state index in [9.17, 15) is 4.79 Å². The molecule has 1 unspecified atom stereocenters. The molecule has 1 aromatic carbocycles. The van der Waals surface area contributed by atoms with Crippen molar-refractivity contribution >= 4 is 22.9 Å². The van der Waals surface area contributed by atoms with E-state index in [2.05, 4.69) is 10.3 Å². The maximum Gasteiger partial charge on any atom is 0.226 e. The number of benzene rings is 1. The topological polar surface area (TPSA) is 77.2 Å². The summed E-state index contributed by atoms with van der Waals surface area (Å²) in [5, 5.41) is 5.70. The molecule has 0 aliphatic carbocycles. The van der Waals surface area contributed by atoms with Crippen molar-refractivity contribution in [3.8, 4) is 11.3 Å². The van der Waals surface area contributed by atoms with E-state index in [-0.39, 0.29) is 12.0 Å². The van der Waals surface area contributed by atoms with Gasteiger partial charge in [-0.3, -0.25) is 4.79 Å². The maximum atomic E-state index is 11.9. The summed E-state index contributed by atoms with van der Waals surface area (Å²) in [7, 11) is 0. The van der Waals surface area contributed by atoms with Crippen LogP contribution in [0.5, 0.6) is 0 Å². The summed E-state index contributed by atoms with van der Waals surface area (Å²) < 4.78 is 5.49. The number of thiazole rings is 1. The molecule has 1 atom stereocenters. The smallest absolute Gasteiger partial charge is 0.226 e. The van der Waals surface area contributed by atoms with Gasteiger partial charge < -0.3 is 15.8 Å². The summed E-state index contributed by atoms with van der Waals surface area (Å²) >= 11 is 1.50. The van der Waals surface area contributed by atoms with Crippen LogP contribution in [0.2, 0.25) is 0 Å². The fraction of sp³-hybridized carbons (Fsp3) is 0.375. The van der Waals surface area contributed by atoms with Gasteiger partial charge in [0.05, 0.1) is 18.2 Å². The Kier molecular flexibility index (Phi) is 4.70. The molecule has 0 spiro atoms. The van der Waals surface area contributed by atoms with Gasteiger partial charge >= 0.3 is 0 Å². The maximum absolute atomic E-state index is 11.9. The Morgan fingerprint density at radius 1 is 1.41 bits per heavy atom. The van der Waals surface area contributed by atoms with Crippen LogP contribution in [0.15, 0.2) is 29.6 Å². The third-order valence-electron chi connectivity index (χ3n) is 3.62. The van der Waals surface area contributed by atoms with Gasteiger partial charge in [-0.1, -0.05) is 12.1 Å². The van der Waals surface area contributed by atoms with Crippen molar-refractivity contribution in [1.82, 2.24) is 10.3 Å². The number of nitrogens with two attached hydrogens (primary N) is 1. The number of carbonyl (C=O) groups excluding carboxylic acids is 1. The van der Waals surface area contributed by atoms with E-state index < -0.39 is 0 Å². The molecule has 2 heterocycles. The summed E-state index contributed by atoms with van der Waals surface area (Å²) in [6.45, 7) is 1.40. The van der Waals surface area contributed by atoms with Crippen LogP contribution in [0.1, 0.15) is 17.8 Å². The Morgan fingerprint density at radius 2 is 2.23 bits per heavy atom. The van der Waals surface area contributed by atoms with E-state index in [1.165, 1.54) is 11.3 Å². The van der Waals surface area contributed by atoms with Crippen LogP contribution in [-0.2, 0) is 16.0 Å². The van der Waals surface area contributed by atoms with Gasteiger partial charge in [-0.25, -0.2) is 4.98 Å². The Hall–Kier alpha value is -1.92. The summed E-state index contributed by atoms with van der Waals surface area (Å²) in [6, 6.07) is 7.57. The van der Waals surface area contributed by atoms with Gasteiger partial charge in [0.1, 0.15) is 5.01 Å². The average Bonchev–Trinajstić information content (AvgIpc) is 3.17. The van der Waals surface area contributed by atoms with Crippen molar-refractivity contribution in [3.05, 3.63) is 34.7 Å². The Labute approximate surface area is 133 Å². The number of nitrogen functional groups attached to an aromatic ring is 1. The van der Waals surface area contributed by atoms with Crippen LogP contribution in [0.3, 0.4) is 0 Å². The molecule has 1 aliphatic heterocycles. The molecule has 6 heteroatoms. The molecule has 3 rings (SSSR count). The number of rotatable bonds is 5. The van der Waals surface area contributed by atoms with E-state index in [1.54, 1.807) is 0 Å². The first-order valence-corrected chi connectivity index (χ1v) is 8.27. The number of ether oxygens (including phenoxy) is 1. The van der Waals surface area contributed by atoms with Crippen LogP contribution in [0.4, 0.5) is 5.69 Å². The van der Waals surface area contributed by atoms with E-state index in [4.69, 9.17) is 10.5 Å². The molecule has 2 aromatic rings. The number of hydrogen-bond donors (Lipinski definition) is 2. The molecule has 1 amide bonds. The van der Waals surface area contributed by atoms with Gasteiger partial charge in [-0.05, 0) is 25.0 Å². The lowest BCUT2D eigenvalue weighted by atomic mass is 10.1.